The first kappa shape index (κ1) is 46.9. The third kappa shape index (κ3) is 8.55. The number of aryl methyl sites for hydroxylation is 1. The van der Waals surface area contributed by atoms with Crippen LogP contribution in [0.3, 0.4) is 0 Å². The molecule has 11 aromatic rings. The van der Waals surface area contributed by atoms with Gasteiger partial charge in [-0.2, -0.15) is 23.7 Å². The Balaban J connectivity index is 1.27. The van der Waals surface area contributed by atoms with Crippen LogP contribution in [0.15, 0.2) is 231 Å². The lowest BCUT2D eigenvalue weighted by atomic mass is 9.86. The van der Waals surface area contributed by atoms with Crippen molar-refractivity contribution >= 4 is 33.2 Å². The van der Waals surface area contributed by atoms with E-state index in [0.29, 0.717) is 28.9 Å². The highest BCUT2D eigenvalue weighted by atomic mass is 19.4. The summed E-state index contributed by atoms with van der Waals surface area (Å²) >= 11 is 0. The van der Waals surface area contributed by atoms with E-state index in [2.05, 4.69) is 133 Å². The van der Waals surface area contributed by atoms with Gasteiger partial charge in [0.2, 0.25) is 0 Å². The summed E-state index contributed by atoms with van der Waals surface area (Å²) in [6.07, 6.45) is -4.19. The van der Waals surface area contributed by atoms with Crippen LogP contribution in [0.2, 0.25) is 0 Å². The molecule has 74 heavy (non-hydrogen) atoms. The molecule has 0 saturated heterocycles. The van der Waals surface area contributed by atoms with E-state index in [9.17, 15) is 10.5 Å². The maximum Gasteiger partial charge on any atom is 0.417 e. The number of fused-ring (bicyclic) bond motifs is 3. The predicted molar refractivity (Wildman–Crippen MR) is 295 cm³/mol. The summed E-state index contributed by atoms with van der Waals surface area (Å²) in [7, 11) is 0. The molecule has 1 heterocycles. The molecule has 0 aliphatic heterocycles. The smallest absolute Gasteiger partial charge is 0.333 e. The first-order valence-electron chi connectivity index (χ1n) is 24.6. The molecule has 0 N–H and O–H groups in total. The Morgan fingerprint density at radius 1 is 0.486 bits per heavy atom. The van der Waals surface area contributed by atoms with E-state index >= 15 is 13.2 Å². The lowest BCUT2D eigenvalue weighted by molar-refractivity contribution is -0.137. The monoisotopic (exact) mass is 964 g/mol. The highest BCUT2D eigenvalue weighted by molar-refractivity contribution is 6.13. The number of aromatic nitrogens is 1. The summed E-state index contributed by atoms with van der Waals surface area (Å²) in [4.78, 5) is 2.22. The summed E-state index contributed by atoms with van der Waals surface area (Å²) in [5.74, 6) is 0. The summed E-state index contributed by atoms with van der Waals surface area (Å²) in [5, 5.41) is 23.3. The van der Waals surface area contributed by atoms with Gasteiger partial charge in [0.1, 0.15) is 0 Å². The van der Waals surface area contributed by atoms with Crippen LogP contribution in [0.25, 0.3) is 83.1 Å². The van der Waals surface area contributed by atoms with Gasteiger partial charge in [0, 0.05) is 27.6 Å². The van der Waals surface area contributed by atoms with Crippen LogP contribution in [0, 0.1) is 22.7 Å². The van der Waals surface area contributed by atoms with Gasteiger partial charge in [0.25, 0.3) is 0 Å². The lowest BCUT2D eigenvalue weighted by Gasteiger charge is -2.36. The topological polar surface area (TPSA) is 55.8 Å². The maximum absolute atomic E-state index is 15.7. The minimum atomic E-state index is -4.84. The highest BCUT2D eigenvalue weighted by Crippen LogP contribution is 2.52. The van der Waals surface area contributed by atoms with Crippen molar-refractivity contribution in [1.29, 1.82) is 10.5 Å². The van der Waals surface area contributed by atoms with Gasteiger partial charge in [-0.3, -0.25) is 0 Å². The molecule has 0 amide bonds. The molecule has 1 atom stereocenters. The third-order valence-corrected chi connectivity index (χ3v) is 14.2. The first-order chi connectivity index (χ1) is 36.1. The van der Waals surface area contributed by atoms with Gasteiger partial charge in [-0.05, 0) is 136 Å². The fraction of sp³-hybridized carbons (Fsp3) is 0.0746. The Bertz CT molecular complexity index is 3860. The molecule has 1 aromatic heterocycles. The summed E-state index contributed by atoms with van der Waals surface area (Å²) < 4.78 is 49.2. The van der Waals surface area contributed by atoms with Crippen molar-refractivity contribution in [3.8, 4) is 73.5 Å². The molecule has 11 rings (SSSR count). The van der Waals surface area contributed by atoms with Crippen molar-refractivity contribution in [3.05, 3.63) is 258 Å². The second-order valence-electron chi connectivity index (χ2n) is 18.4. The van der Waals surface area contributed by atoms with E-state index in [4.69, 9.17) is 0 Å². The highest BCUT2D eigenvalue weighted by Gasteiger charge is 2.36. The van der Waals surface area contributed by atoms with Gasteiger partial charge in [0.15, 0.2) is 0 Å². The Hall–Kier alpha value is -9.43. The van der Waals surface area contributed by atoms with Crippen LogP contribution in [0.1, 0.15) is 47.7 Å². The van der Waals surface area contributed by atoms with Crippen molar-refractivity contribution in [2.75, 3.05) is 4.90 Å². The molecule has 4 nitrogen and oxygen atoms in total. The average Bonchev–Trinajstić information content (AvgIpc) is 3.80. The van der Waals surface area contributed by atoms with E-state index in [1.54, 1.807) is 18.2 Å². The third-order valence-electron chi connectivity index (χ3n) is 14.2. The fourth-order valence-corrected chi connectivity index (χ4v) is 10.6. The van der Waals surface area contributed by atoms with Gasteiger partial charge in [-0.25, -0.2) is 0 Å². The largest absolute Gasteiger partial charge is 0.417 e. The second kappa shape index (κ2) is 19.6. The van der Waals surface area contributed by atoms with E-state index in [1.807, 2.05) is 97.1 Å². The molecule has 0 saturated carbocycles. The quantitative estimate of drug-likeness (QED) is 0.130. The molecule has 0 bridgehead atoms. The summed E-state index contributed by atoms with van der Waals surface area (Å²) in [6.45, 7) is 4.22. The molecule has 0 fully saturated rings. The number of hydrogen-bond acceptors (Lipinski definition) is 3. The maximum atomic E-state index is 15.7. The van der Waals surface area contributed by atoms with Crippen LogP contribution in [0.5, 0.6) is 0 Å². The standard InChI is InChI=1S/C67H47F3N4/c1-3-46-39-51(48-20-10-5-11-21-48)31-35-60(46)73(44(2)47-18-8-4-9-19-47)64-29-17-27-56(55-34-30-45(42-71)38-59(55)67(68,69)70)66(64)65-54(43-72)26-16-28-63(65)74-61-36-32-52(49-22-12-6-13-23-49)40-57(61)58-41-53(33-37-62(58)74)50-24-14-7-15-25-50/h4-41,44H,3H2,1-2H3. The molecular weight excluding hydrogens is 918 g/mol. The number of nitriles is 2. The Kier molecular flexibility index (Phi) is 12.5. The zero-order valence-electron chi connectivity index (χ0n) is 40.6. The minimum Gasteiger partial charge on any atom is -0.333 e. The molecule has 7 heteroatoms. The van der Waals surface area contributed by atoms with Gasteiger partial charge >= 0.3 is 6.18 Å². The van der Waals surface area contributed by atoms with E-state index in [0.717, 1.165) is 78.1 Å². The number of halogens is 3. The number of anilines is 2. The van der Waals surface area contributed by atoms with E-state index in [-0.39, 0.29) is 28.3 Å². The molecule has 356 valence electrons. The number of rotatable bonds is 11. The molecule has 0 radical (unpaired) electrons. The van der Waals surface area contributed by atoms with Gasteiger partial charge in [0.05, 0.1) is 57.3 Å². The molecule has 10 aromatic carbocycles. The Labute approximate surface area is 428 Å². The lowest BCUT2D eigenvalue weighted by Crippen LogP contribution is -2.24. The van der Waals surface area contributed by atoms with E-state index < -0.39 is 11.7 Å². The average molecular weight is 965 g/mol. The van der Waals surface area contributed by atoms with Crippen molar-refractivity contribution in [2.24, 2.45) is 0 Å². The van der Waals surface area contributed by atoms with Crippen molar-refractivity contribution in [2.45, 2.75) is 32.5 Å². The van der Waals surface area contributed by atoms with Crippen molar-refractivity contribution in [3.63, 3.8) is 0 Å². The van der Waals surface area contributed by atoms with Gasteiger partial charge < -0.3 is 9.47 Å². The van der Waals surface area contributed by atoms with Crippen LogP contribution >= 0.6 is 0 Å². The molecule has 0 aliphatic carbocycles. The zero-order chi connectivity index (χ0) is 50.9. The van der Waals surface area contributed by atoms with E-state index in [1.165, 1.54) is 12.1 Å². The Morgan fingerprint density at radius 3 is 1.57 bits per heavy atom. The predicted octanol–water partition coefficient (Wildman–Crippen LogP) is 18.3. The Morgan fingerprint density at radius 2 is 1.03 bits per heavy atom. The normalized spacial score (nSPS) is 11.8. The zero-order valence-corrected chi connectivity index (χ0v) is 40.6. The van der Waals surface area contributed by atoms with Gasteiger partial charge in [-0.15, -0.1) is 0 Å². The number of benzene rings is 10. The molecule has 0 spiro atoms. The molecular formula is C67H47F3N4. The number of nitrogens with zero attached hydrogens (tertiary/aromatic N) is 4. The number of hydrogen-bond donors (Lipinski definition) is 0. The fourth-order valence-electron chi connectivity index (χ4n) is 10.6. The van der Waals surface area contributed by atoms with Crippen molar-refractivity contribution in [1.82, 2.24) is 4.57 Å². The molecule has 1 unspecified atom stereocenters. The first-order valence-corrected chi connectivity index (χ1v) is 24.6. The second-order valence-corrected chi connectivity index (χ2v) is 18.4. The van der Waals surface area contributed by atoms with Crippen LogP contribution in [-0.4, -0.2) is 4.57 Å². The van der Waals surface area contributed by atoms with Crippen LogP contribution < -0.4 is 4.90 Å². The summed E-state index contributed by atoms with van der Waals surface area (Å²) in [5.41, 5.74) is 12.3. The van der Waals surface area contributed by atoms with Crippen LogP contribution in [-0.2, 0) is 12.6 Å². The van der Waals surface area contributed by atoms with Gasteiger partial charge in [-0.1, -0.05) is 171 Å². The molecule has 0 aliphatic rings. The summed E-state index contributed by atoms with van der Waals surface area (Å²) in [6, 6.07) is 78.7. The van der Waals surface area contributed by atoms with Crippen molar-refractivity contribution < 1.29 is 13.2 Å². The number of alkyl halides is 3. The van der Waals surface area contributed by atoms with Crippen LogP contribution in [0.4, 0.5) is 24.5 Å². The SMILES string of the molecule is CCc1cc(-c2ccccc2)ccc1N(c1cccc(-c2ccc(C#N)cc2C(F)(F)F)c1-c1c(C#N)cccc1-n1c2ccc(-c3ccccc3)cc2c2cc(-c3ccccc3)ccc21)C(C)c1ccccc1. The minimum absolute atomic E-state index is 0.114.